The zero-order valence-electron chi connectivity index (χ0n) is 23.4. The molecule has 0 radical (unpaired) electrons. The number of halogens is 1. The van der Waals surface area contributed by atoms with Gasteiger partial charge >= 0.3 is 5.97 Å². The molecular formula is C33H24ClN3O6S. The van der Waals surface area contributed by atoms with Crippen molar-refractivity contribution in [3.05, 3.63) is 138 Å². The maximum Gasteiger partial charge on any atom is 0.337 e. The fourth-order valence-corrected chi connectivity index (χ4v) is 6.28. The van der Waals surface area contributed by atoms with Gasteiger partial charge in [-0.25, -0.2) is 9.79 Å². The van der Waals surface area contributed by atoms with E-state index in [-0.39, 0.29) is 22.1 Å². The first-order valence-corrected chi connectivity index (χ1v) is 14.6. The van der Waals surface area contributed by atoms with Gasteiger partial charge in [0.1, 0.15) is 17.3 Å². The van der Waals surface area contributed by atoms with Gasteiger partial charge in [0, 0.05) is 17.3 Å². The first-order valence-electron chi connectivity index (χ1n) is 13.4. The highest BCUT2D eigenvalue weighted by Crippen LogP contribution is 2.32. The number of carboxylic acid groups (broad SMARTS) is 1. The lowest BCUT2D eigenvalue weighted by Gasteiger charge is -2.25. The standard InChI is InChI=1S/C33H24ClN3O6S/c1-18-28(30(38)36-21-6-4-3-5-7-21)29(19-8-11-22(42-2)12-9-19)37-31(39)27(44-33(37)35-18)17-23-13-15-26(43-23)20-10-14-24(32(40)41)25(34)16-20/h3-17,29H,1-2H3,(H,36,38)(H,40,41)/t29-/m0/s1. The minimum atomic E-state index is -1.12. The molecule has 1 atom stereocenters. The van der Waals surface area contributed by atoms with Crippen LogP contribution in [0.15, 0.2) is 110 Å². The van der Waals surface area contributed by atoms with E-state index in [0.29, 0.717) is 54.7 Å². The van der Waals surface area contributed by atoms with Crippen LogP contribution in [0.1, 0.15) is 34.6 Å². The van der Waals surface area contributed by atoms with Gasteiger partial charge in [-0.15, -0.1) is 0 Å². The van der Waals surface area contributed by atoms with Crippen LogP contribution in [0.4, 0.5) is 5.69 Å². The average Bonchev–Trinajstić information content (AvgIpc) is 3.60. The number of para-hydroxylation sites is 1. The topological polar surface area (TPSA) is 123 Å². The number of thiazole rings is 1. The van der Waals surface area contributed by atoms with Crippen LogP contribution in [-0.2, 0) is 4.79 Å². The molecule has 0 saturated carbocycles. The third-order valence-corrected chi connectivity index (χ3v) is 8.41. The van der Waals surface area contributed by atoms with Gasteiger partial charge in [-0.05, 0) is 61.0 Å². The number of anilines is 1. The van der Waals surface area contributed by atoms with E-state index in [2.05, 4.69) is 10.3 Å². The fourth-order valence-electron chi connectivity index (χ4n) is 4.99. The quantitative estimate of drug-likeness (QED) is 0.246. The molecule has 0 saturated heterocycles. The molecule has 3 heterocycles. The Balaban J connectivity index is 1.42. The summed E-state index contributed by atoms with van der Waals surface area (Å²) in [7, 11) is 1.57. The second-order valence-electron chi connectivity index (χ2n) is 9.88. The highest BCUT2D eigenvalue weighted by Gasteiger charge is 2.32. The van der Waals surface area contributed by atoms with E-state index in [0.717, 1.165) is 0 Å². The molecule has 1 amide bonds. The Morgan fingerprint density at radius 2 is 1.82 bits per heavy atom. The molecule has 0 unspecified atom stereocenters. The molecule has 1 aliphatic heterocycles. The van der Waals surface area contributed by atoms with Crippen molar-refractivity contribution in [3.63, 3.8) is 0 Å². The summed E-state index contributed by atoms with van der Waals surface area (Å²) in [6.07, 6.45) is 1.62. The molecule has 44 heavy (non-hydrogen) atoms. The van der Waals surface area contributed by atoms with E-state index in [1.54, 1.807) is 62.6 Å². The monoisotopic (exact) mass is 625 g/mol. The molecular weight excluding hydrogens is 602 g/mol. The first-order chi connectivity index (χ1) is 21.2. The summed E-state index contributed by atoms with van der Waals surface area (Å²) >= 11 is 7.33. The molecule has 0 aliphatic carbocycles. The lowest BCUT2D eigenvalue weighted by atomic mass is 9.95. The number of nitrogens with one attached hydrogen (secondary N) is 1. The molecule has 0 bridgehead atoms. The van der Waals surface area contributed by atoms with Crippen molar-refractivity contribution in [2.24, 2.45) is 4.99 Å². The zero-order valence-corrected chi connectivity index (χ0v) is 25.0. The van der Waals surface area contributed by atoms with Gasteiger partial charge in [-0.2, -0.15) is 0 Å². The van der Waals surface area contributed by atoms with E-state index < -0.39 is 12.0 Å². The van der Waals surface area contributed by atoms with Gasteiger partial charge in [0.25, 0.3) is 11.5 Å². The van der Waals surface area contributed by atoms with E-state index in [9.17, 15) is 19.5 Å². The van der Waals surface area contributed by atoms with Crippen LogP contribution in [-0.4, -0.2) is 28.7 Å². The van der Waals surface area contributed by atoms with Gasteiger partial charge in [-0.3, -0.25) is 14.2 Å². The van der Waals surface area contributed by atoms with Crippen LogP contribution < -0.4 is 24.9 Å². The van der Waals surface area contributed by atoms with Crippen LogP contribution in [0.25, 0.3) is 17.4 Å². The van der Waals surface area contributed by atoms with Gasteiger partial charge in [0.05, 0.1) is 39.5 Å². The smallest absolute Gasteiger partial charge is 0.337 e. The Kier molecular flexibility index (Phi) is 7.77. The summed E-state index contributed by atoms with van der Waals surface area (Å²) in [5, 5.41) is 12.3. The third kappa shape index (κ3) is 5.48. The van der Waals surface area contributed by atoms with Crippen LogP contribution in [0, 0.1) is 0 Å². The number of aromatic carboxylic acids is 1. The van der Waals surface area contributed by atoms with Crippen molar-refractivity contribution >= 4 is 46.6 Å². The maximum atomic E-state index is 14.0. The molecule has 1 aliphatic rings. The highest BCUT2D eigenvalue weighted by molar-refractivity contribution is 7.07. The Hall–Kier alpha value is -5.19. The Labute approximate surface area is 259 Å². The molecule has 6 rings (SSSR count). The van der Waals surface area contributed by atoms with Crippen molar-refractivity contribution in [3.8, 4) is 17.1 Å². The number of carbonyl (C=O) groups excluding carboxylic acids is 1. The van der Waals surface area contributed by atoms with Crippen LogP contribution in [0.3, 0.4) is 0 Å². The van der Waals surface area contributed by atoms with E-state index in [1.165, 1.54) is 28.0 Å². The number of hydrogen-bond donors (Lipinski definition) is 2. The maximum absolute atomic E-state index is 14.0. The van der Waals surface area contributed by atoms with Gasteiger partial charge < -0.3 is 19.6 Å². The number of furan rings is 1. The molecule has 0 fully saturated rings. The molecule has 3 aromatic carbocycles. The zero-order chi connectivity index (χ0) is 31.0. The third-order valence-electron chi connectivity index (χ3n) is 7.11. The number of nitrogens with zero attached hydrogens (tertiary/aromatic N) is 2. The SMILES string of the molecule is COc1ccc([C@H]2C(C(=O)Nc3ccccc3)=C(C)N=c3sc(=Cc4ccc(-c5ccc(C(=O)O)c(Cl)c5)o4)c(=O)n32)cc1. The summed E-state index contributed by atoms with van der Waals surface area (Å²) in [4.78, 5) is 44.1. The fraction of sp³-hybridized carbons (Fsp3) is 0.0909. The largest absolute Gasteiger partial charge is 0.497 e. The number of rotatable bonds is 7. The van der Waals surface area contributed by atoms with Crippen LogP contribution >= 0.6 is 22.9 Å². The van der Waals surface area contributed by atoms with Gasteiger partial charge in [-0.1, -0.05) is 59.3 Å². The number of fused-ring (bicyclic) bond motifs is 1. The number of methoxy groups -OCH3 is 1. The lowest BCUT2D eigenvalue weighted by Crippen LogP contribution is -2.40. The van der Waals surface area contributed by atoms with E-state index >= 15 is 0 Å². The molecule has 0 spiro atoms. The second kappa shape index (κ2) is 11.8. The second-order valence-corrected chi connectivity index (χ2v) is 11.3. The number of carboxylic acids is 1. The summed E-state index contributed by atoms with van der Waals surface area (Å²) in [6, 6.07) is 23.5. The number of ether oxygens (including phenoxy) is 1. The predicted molar refractivity (Wildman–Crippen MR) is 168 cm³/mol. The minimum absolute atomic E-state index is 0.0122. The molecule has 2 N–H and O–H groups in total. The molecule has 220 valence electrons. The summed E-state index contributed by atoms with van der Waals surface area (Å²) in [5.74, 6) is 0.0125. The molecule has 11 heteroatoms. The Morgan fingerprint density at radius 3 is 2.50 bits per heavy atom. The number of allylic oxidation sites excluding steroid dienone is 1. The van der Waals surface area contributed by atoms with Gasteiger partial charge in [0.15, 0.2) is 4.80 Å². The Bertz CT molecular complexity index is 2130. The first kappa shape index (κ1) is 28.9. The number of amides is 1. The molecule has 2 aromatic heterocycles. The van der Waals surface area contributed by atoms with Crippen molar-refractivity contribution in [2.75, 3.05) is 12.4 Å². The molecule has 5 aromatic rings. The normalized spacial score (nSPS) is 14.6. The van der Waals surface area contributed by atoms with E-state index in [4.69, 9.17) is 20.8 Å². The lowest BCUT2D eigenvalue weighted by molar-refractivity contribution is -0.113. The van der Waals surface area contributed by atoms with E-state index in [1.807, 2.05) is 30.3 Å². The van der Waals surface area contributed by atoms with Crippen molar-refractivity contribution < 1.29 is 23.8 Å². The molecule has 9 nitrogen and oxygen atoms in total. The minimum Gasteiger partial charge on any atom is -0.497 e. The average molecular weight is 626 g/mol. The highest BCUT2D eigenvalue weighted by atomic mass is 35.5. The van der Waals surface area contributed by atoms with Gasteiger partial charge in [0.2, 0.25) is 0 Å². The summed E-state index contributed by atoms with van der Waals surface area (Å²) in [5.41, 5.74) is 2.42. The Morgan fingerprint density at radius 1 is 1.07 bits per heavy atom. The number of carbonyl (C=O) groups is 2. The number of hydrogen-bond acceptors (Lipinski definition) is 7. The van der Waals surface area contributed by atoms with Crippen molar-refractivity contribution in [1.29, 1.82) is 0 Å². The van der Waals surface area contributed by atoms with Crippen LogP contribution in [0.5, 0.6) is 5.75 Å². The van der Waals surface area contributed by atoms with Crippen molar-refractivity contribution in [1.82, 2.24) is 4.57 Å². The number of benzene rings is 3. The predicted octanol–water partition coefficient (Wildman–Crippen LogP) is 5.49. The summed E-state index contributed by atoms with van der Waals surface area (Å²) in [6.45, 7) is 1.76. The van der Waals surface area contributed by atoms with Crippen molar-refractivity contribution in [2.45, 2.75) is 13.0 Å². The number of aromatic nitrogens is 1. The van der Waals surface area contributed by atoms with Crippen LogP contribution in [0.2, 0.25) is 5.02 Å². The summed E-state index contributed by atoms with van der Waals surface area (Å²) < 4.78 is 13.2.